The second kappa shape index (κ2) is 8.02. The highest BCUT2D eigenvalue weighted by molar-refractivity contribution is 6.00. The summed E-state index contributed by atoms with van der Waals surface area (Å²) in [5.41, 5.74) is 2.00. The minimum atomic E-state index is -0.314. The number of allylic oxidation sites excluding steroid dienone is 2. The van der Waals surface area contributed by atoms with Gasteiger partial charge in [-0.25, -0.2) is 0 Å². The fourth-order valence-corrected chi connectivity index (χ4v) is 2.81. The van der Waals surface area contributed by atoms with E-state index in [0.717, 1.165) is 5.57 Å². The van der Waals surface area contributed by atoms with E-state index in [1.807, 2.05) is 13.0 Å². The van der Waals surface area contributed by atoms with E-state index in [4.69, 9.17) is 5.11 Å². The fourth-order valence-electron chi connectivity index (χ4n) is 2.81. The van der Waals surface area contributed by atoms with Gasteiger partial charge in [0.2, 0.25) is 0 Å². The zero-order valence-corrected chi connectivity index (χ0v) is 14.4. The largest absolute Gasteiger partial charge is 0.507 e. The van der Waals surface area contributed by atoms with E-state index in [0.29, 0.717) is 17.5 Å². The molecule has 3 N–H and O–H groups in total. The number of nitrogens with zero attached hydrogens (tertiary/aromatic N) is 1. The highest BCUT2D eigenvalue weighted by Gasteiger charge is 2.31. The summed E-state index contributed by atoms with van der Waals surface area (Å²) in [6, 6.07) is 1.36. The second-order valence-electron chi connectivity index (χ2n) is 6.03. The highest BCUT2D eigenvalue weighted by Crippen LogP contribution is 2.39. The lowest BCUT2D eigenvalue weighted by Crippen LogP contribution is -2.26. The maximum Gasteiger partial charge on any atom is 0.305 e. The predicted octanol–water partition coefficient (Wildman–Crippen LogP) is 1.49. The molecule has 0 bridgehead atoms. The SMILES string of the molecule is COC(=O)CCC(C)=CCc1c(O)cc2c(c1O)CN(CCO)C2=O. The highest BCUT2D eigenvalue weighted by atomic mass is 16.5. The number of phenols is 2. The molecule has 0 aromatic heterocycles. The van der Waals surface area contributed by atoms with Gasteiger partial charge >= 0.3 is 5.97 Å². The van der Waals surface area contributed by atoms with Gasteiger partial charge in [-0.15, -0.1) is 0 Å². The quantitative estimate of drug-likeness (QED) is 0.508. The molecule has 1 amide bonds. The van der Waals surface area contributed by atoms with Gasteiger partial charge in [-0.05, 0) is 25.8 Å². The molecule has 1 heterocycles. The lowest BCUT2D eigenvalue weighted by Gasteiger charge is -2.13. The molecule has 136 valence electrons. The Bertz CT molecular complexity index is 710. The summed E-state index contributed by atoms with van der Waals surface area (Å²) in [6.07, 6.45) is 2.91. The number of methoxy groups -OCH3 is 1. The van der Waals surface area contributed by atoms with Crippen LogP contribution in [0.2, 0.25) is 0 Å². The first-order valence-corrected chi connectivity index (χ1v) is 8.08. The maximum absolute atomic E-state index is 12.2. The summed E-state index contributed by atoms with van der Waals surface area (Å²) in [4.78, 5) is 24.8. The molecule has 0 radical (unpaired) electrons. The van der Waals surface area contributed by atoms with E-state index < -0.39 is 0 Å². The maximum atomic E-state index is 12.2. The molecule has 1 aliphatic heterocycles. The molecule has 0 saturated heterocycles. The molecule has 0 saturated carbocycles. The molecule has 0 fully saturated rings. The number of hydrogen-bond acceptors (Lipinski definition) is 6. The number of carbonyl (C=O) groups is 2. The van der Waals surface area contributed by atoms with Crippen molar-refractivity contribution < 1.29 is 29.6 Å². The first kappa shape index (κ1) is 18.8. The number of fused-ring (bicyclic) bond motifs is 1. The van der Waals surface area contributed by atoms with Gasteiger partial charge in [0, 0.05) is 24.1 Å². The average molecular weight is 349 g/mol. The van der Waals surface area contributed by atoms with Crippen LogP contribution < -0.4 is 0 Å². The topological polar surface area (TPSA) is 107 Å². The molecule has 25 heavy (non-hydrogen) atoms. The molecule has 0 spiro atoms. The minimum absolute atomic E-state index is 0.0965. The summed E-state index contributed by atoms with van der Waals surface area (Å²) >= 11 is 0. The van der Waals surface area contributed by atoms with Gasteiger partial charge in [-0.2, -0.15) is 0 Å². The first-order chi connectivity index (χ1) is 11.9. The minimum Gasteiger partial charge on any atom is -0.507 e. The van der Waals surface area contributed by atoms with E-state index >= 15 is 0 Å². The van der Waals surface area contributed by atoms with Crippen LogP contribution in [0.4, 0.5) is 0 Å². The van der Waals surface area contributed by atoms with Gasteiger partial charge < -0.3 is 25.0 Å². The summed E-state index contributed by atoms with van der Waals surface area (Å²) < 4.78 is 4.59. The number of rotatable bonds is 7. The fraction of sp³-hybridized carbons (Fsp3) is 0.444. The summed E-state index contributed by atoms with van der Waals surface area (Å²) in [5, 5.41) is 29.6. The van der Waals surface area contributed by atoms with Crippen LogP contribution in [-0.4, -0.2) is 52.4 Å². The Morgan fingerprint density at radius 3 is 2.72 bits per heavy atom. The van der Waals surface area contributed by atoms with Gasteiger partial charge in [0.15, 0.2) is 0 Å². The molecule has 7 heteroatoms. The molecule has 0 aliphatic carbocycles. The number of benzene rings is 1. The summed E-state index contributed by atoms with van der Waals surface area (Å²) in [7, 11) is 1.34. The number of phenolic OH excluding ortho intramolecular Hbond substituents is 2. The van der Waals surface area contributed by atoms with Crippen LogP contribution in [0.3, 0.4) is 0 Å². The standard InChI is InChI=1S/C18H23NO6/c1-11(4-6-16(22)25-2)3-5-12-15(21)9-13-14(17(12)23)10-19(7-8-20)18(13)24/h3,9,20-21,23H,4-8,10H2,1-2H3. The number of β-amino-alcohol motifs (C(OH)–C–C–N with tert-alkyl or cyclic N) is 1. The number of aliphatic hydroxyl groups excluding tert-OH is 1. The Labute approximate surface area is 146 Å². The lowest BCUT2D eigenvalue weighted by molar-refractivity contribution is -0.140. The van der Waals surface area contributed by atoms with E-state index in [-0.39, 0.29) is 61.5 Å². The normalized spacial score (nSPS) is 14.0. The van der Waals surface area contributed by atoms with E-state index in [1.54, 1.807) is 0 Å². The van der Waals surface area contributed by atoms with Crippen LogP contribution in [0.1, 0.15) is 41.3 Å². The number of amides is 1. The Balaban J connectivity index is 2.17. The van der Waals surface area contributed by atoms with Crippen LogP contribution in [0.15, 0.2) is 17.7 Å². The zero-order chi connectivity index (χ0) is 18.6. The Hall–Kier alpha value is -2.54. The Morgan fingerprint density at radius 2 is 2.08 bits per heavy atom. The molecule has 1 aromatic carbocycles. The number of ether oxygens (including phenoxy) is 1. The first-order valence-electron chi connectivity index (χ1n) is 8.08. The Kier molecular flexibility index (Phi) is 6.03. The predicted molar refractivity (Wildman–Crippen MR) is 90.3 cm³/mol. The number of aliphatic hydroxyl groups is 1. The molecule has 0 unspecified atom stereocenters. The molecule has 2 rings (SSSR count). The monoisotopic (exact) mass is 349 g/mol. The smallest absolute Gasteiger partial charge is 0.305 e. The molecular formula is C18H23NO6. The number of hydrogen-bond donors (Lipinski definition) is 3. The molecular weight excluding hydrogens is 326 g/mol. The molecule has 0 atom stereocenters. The van der Waals surface area contributed by atoms with Crippen LogP contribution in [-0.2, 0) is 22.5 Å². The van der Waals surface area contributed by atoms with Crippen molar-refractivity contribution in [3.63, 3.8) is 0 Å². The summed E-state index contributed by atoms with van der Waals surface area (Å²) in [5.74, 6) is -0.849. The van der Waals surface area contributed by atoms with Gasteiger partial charge in [-0.1, -0.05) is 11.6 Å². The van der Waals surface area contributed by atoms with Crippen molar-refractivity contribution in [2.75, 3.05) is 20.3 Å². The van der Waals surface area contributed by atoms with Crippen molar-refractivity contribution in [2.45, 2.75) is 32.7 Å². The third kappa shape index (κ3) is 4.11. The number of aromatic hydroxyl groups is 2. The van der Waals surface area contributed by atoms with Crippen LogP contribution in [0.25, 0.3) is 0 Å². The zero-order valence-electron chi connectivity index (χ0n) is 14.4. The molecule has 1 aliphatic rings. The van der Waals surface area contributed by atoms with Gasteiger partial charge in [0.1, 0.15) is 11.5 Å². The molecule has 7 nitrogen and oxygen atoms in total. The van der Waals surface area contributed by atoms with Gasteiger partial charge in [-0.3, -0.25) is 9.59 Å². The number of carbonyl (C=O) groups excluding carboxylic acids is 2. The van der Waals surface area contributed by atoms with Crippen molar-refractivity contribution in [3.05, 3.63) is 34.4 Å². The second-order valence-corrected chi connectivity index (χ2v) is 6.03. The Morgan fingerprint density at radius 1 is 1.36 bits per heavy atom. The summed E-state index contributed by atoms with van der Waals surface area (Å²) in [6.45, 7) is 2.08. The average Bonchev–Trinajstić information content (AvgIpc) is 2.89. The van der Waals surface area contributed by atoms with Crippen LogP contribution in [0.5, 0.6) is 11.5 Å². The van der Waals surface area contributed by atoms with E-state index in [1.165, 1.54) is 18.1 Å². The van der Waals surface area contributed by atoms with Crippen molar-refractivity contribution >= 4 is 11.9 Å². The third-order valence-corrected chi connectivity index (χ3v) is 4.33. The van der Waals surface area contributed by atoms with Crippen molar-refractivity contribution in [1.29, 1.82) is 0 Å². The van der Waals surface area contributed by atoms with Crippen molar-refractivity contribution in [2.24, 2.45) is 0 Å². The molecule has 1 aromatic rings. The van der Waals surface area contributed by atoms with Gasteiger partial charge in [0.25, 0.3) is 5.91 Å². The van der Waals surface area contributed by atoms with Crippen molar-refractivity contribution in [1.82, 2.24) is 4.90 Å². The number of esters is 1. The van der Waals surface area contributed by atoms with Crippen LogP contribution in [0, 0.1) is 0 Å². The third-order valence-electron chi connectivity index (χ3n) is 4.33. The van der Waals surface area contributed by atoms with Gasteiger partial charge in [0.05, 0.1) is 25.8 Å². The van der Waals surface area contributed by atoms with E-state index in [9.17, 15) is 19.8 Å². The van der Waals surface area contributed by atoms with Crippen LogP contribution >= 0.6 is 0 Å². The van der Waals surface area contributed by atoms with E-state index in [2.05, 4.69) is 4.74 Å². The lowest BCUT2D eigenvalue weighted by atomic mass is 9.99. The van der Waals surface area contributed by atoms with Crippen molar-refractivity contribution in [3.8, 4) is 11.5 Å².